The van der Waals surface area contributed by atoms with Gasteiger partial charge in [0.2, 0.25) is 5.91 Å². The fourth-order valence-corrected chi connectivity index (χ4v) is 5.35. The number of carbonyl (C=O) groups excluding carboxylic acids is 1. The molecule has 0 bridgehead atoms. The lowest BCUT2D eigenvalue weighted by atomic mass is 9.97. The van der Waals surface area contributed by atoms with E-state index < -0.39 is 10.0 Å². The predicted octanol–water partition coefficient (Wildman–Crippen LogP) is 2.41. The van der Waals surface area contributed by atoms with Crippen molar-refractivity contribution < 1.29 is 13.2 Å². The van der Waals surface area contributed by atoms with Crippen molar-refractivity contribution in [3.05, 3.63) is 17.5 Å². The molecule has 1 fully saturated rings. The maximum atomic E-state index is 12.6. The van der Waals surface area contributed by atoms with Gasteiger partial charge in [0.1, 0.15) is 4.21 Å². The number of sulfonamides is 1. The molecule has 0 saturated carbocycles. The number of hydrogen-bond acceptors (Lipinski definition) is 4. The van der Waals surface area contributed by atoms with Crippen molar-refractivity contribution in [3.63, 3.8) is 0 Å². The SMILES string of the molecule is CCC(C)N(C)C(=O)C1CCCN(S(=O)(=O)c2cccs2)C1. The van der Waals surface area contributed by atoms with Gasteiger partial charge in [0, 0.05) is 26.2 Å². The highest BCUT2D eigenvalue weighted by Gasteiger charge is 2.35. The fraction of sp³-hybridized carbons (Fsp3) is 0.667. The van der Waals surface area contributed by atoms with Gasteiger partial charge in [-0.15, -0.1) is 11.3 Å². The van der Waals surface area contributed by atoms with Crippen molar-refractivity contribution in [2.45, 2.75) is 43.4 Å². The monoisotopic (exact) mass is 344 g/mol. The lowest BCUT2D eigenvalue weighted by Gasteiger charge is -2.34. The third-order valence-corrected chi connectivity index (χ3v) is 7.66. The molecule has 2 atom stereocenters. The average Bonchev–Trinajstić information content (AvgIpc) is 3.08. The van der Waals surface area contributed by atoms with Crippen LogP contribution >= 0.6 is 11.3 Å². The van der Waals surface area contributed by atoms with E-state index >= 15 is 0 Å². The van der Waals surface area contributed by atoms with Gasteiger partial charge >= 0.3 is 0 Å². The molecule has 0 spiro atoms. The molecule has 0 radical (unpaired) electrons. The summed E-state index contributed by atoms with van der Waals surface area (Å²) in [6.45, 7) is 4.85. The highest BCUT2D eigenvalue weighted by atomic mass is 32.2. The van der Waals surface area contributed by atoms with Gasteiger partial charge in [-0.25, -0.2) is 8.42 Å². The summed E-state index contributed by atoms with van der Waals surface area (Å²) in [5.74, 6) is -0.178. The molecule has 1 aromatic rings. The van der Waals surface area contributed by atoms with Crippen LogP contribution in [0.5, 0.6) is 0 Å². The van der Waals surface area contributed by atoms with Crippen LogP contribution in [0.3, 0.4) is 0 Å². The molecule has 2 heterocycles. The zero-order valence-corrected chi connectivity index (χ0v) is 15.0. The third-order valence-electron chi connectivity index (χ3n) is 4.42. The molecule has 1 aliphatic rings. The Kier molecular flexibility index (Phi) is 5.63. The van der Waals surface area contributed by atoms with E-state index in [2.05, 4.69) is 0 Å². The Balaban J connectivity index is 2.11. The van der Waals surface area contributed by atoms with Gasteiger partial charge in [-0.05, 0) is 37.6 Å². The normalized spacial score (nSPS) is 21.5. The topological polar surface area (TPSA) is 57.7 Å². The highest BCUT2D eigenvalue weighted by molar-refractivity contribution is 7.91. The Morgan fingerprint density at radius 3 is 2.86 bits per heavy atom. The number of amides is 1. The standard InChI is InChI=1S/C15H24N2O3S2/c1-4-12(2)16(3)15(18)13-7-5-9-17(11-13)22(19,20)14-8-6-10-21-14/h6,8,10,12-13H,4-5,7,9,11H2,1-3H3. The highest BCUT2D eigenvalue weighted by Crippen LogP contribution is 2.27. The molecule has 0 aliphatic carbocycles. The molecule has 0 aromatic carbocycles. The van der Waals surface area contributed by atoms with Crippen LogP contribution in [0.2, 0.25) is 0 Å². The largest absolute Gasteiger partial charge is 0.343 e. The van der Waals surface area contributed by atoms with E-state index in [-0.39, 0.29) is 17.9 Å². The van der Waals surface area contributed by atoms with Crippen LogP contribution in [0, 0.1) is 5.92 Å². The van der Waals surface area contributed by atoms with Crippen LogP contribution in [0.4, 0.5) is 0 Å². The summed E-state index contributed by atoms with van der Waals surface area (Å²) in [5, 5.41) is 1.76. The Morgan fingerprint density at radius 1 is 1.55 bits per heavy atom. The summed E-state index contributed by atoms with van der Waals surface area (Å²) < 4.78 is 27.0. The van der Waals surface area contributed by atoms with Crippen molar-refractivity contribution in [2.75, 3.05) is 20.1 Å². The molecule has 1 aliphatic heterocycles. The third kappa shape index (κ3) is 3.52. The van der Waals surface area contributed by atoms with Gasteiger partial charge in [0.15, 0.2) is 0 Å². The lowest BCUT2D eigenvalue weighted by Crippen LogP contribution is -2.47. The van der Waals surface area contributed by atoms with Crippen LogP contribution < -0.4 is 0 Å². The summed E-state index contributed by atoms with van der Waals surface area (Å²) >= 11 is 1.22. The number of nitrogens with zero attached hydrogens (tertiary/aromatic N) is 2. The van der Waals surface area contributed by atoms with E-state index in [0.29, 0.717) is 17.3 Å². The maximum absolute atomic E-state index is 12.6. The Labute approximate surface area is 137 Å². The molecule has 1 aromatic heterocycles. The summed E-state index contributed by atoms with van der Waals surface area (Å²) in [5.41, 5.74) is 0. The fourth-order valence-electron chi connectivity index (χ4n) is 2.68. The Bertz CT molecular complexity index is 598. The second-order valence-corrected chi connectivity index (χ2v) is 8.95. The van der Waals surface area contributed by atoms with Crippen LogP contribution in [0.15, 0.2) is 21.7 Å². The first-order valence-electron chi connectivity index (χ1n) is 7.68. The molecule has 0 N–H and O–H groups in total. The van der Waals surface area contributed by atoms with Crippen molar-refractivity contribution in [1.29, 1.82) is 0 Å². The summed E-state index contributed by atoms with van der Waals surface area (Å²) in [6.07, 6.45) is 2.39. The number of rotatable bonds is 5. The minimum Gasteiger partial charge on any atom is -0.343 e. The Hall–Kier alpha value is -0.920. The molecule has 7 heteroatoms. The molecule has 1 amide bonds. The number of hydrogen-bond donors (Lipinski definition) is 0. The van der Waals surface area contributed by atoms with Crippen molar-refractivity contribution in [3.8, 4) is 0 Å². The van der Waals surface area contributed by atoms with E-state index in [1.54, 1.807) is 22.4 Å². The minimum absolute atomic E-state index is 0.0560. The Morgan fingerprint density at radius 2 is 2.27 bits per heavy atom. The van der Waals surface area contributed by atoms with E-state index in [9.17, 15) is 13.2 Å². The second kappa shape index (κ2) is 7.10. The van der Waals surface area contributed by atoms with E-state index in [4.69, 9.17) is 0 Å². The molecule has 22 heavy (non-hydrogen) atoms. The second-order valence-electron chi connectivity index (χ2n) is 5.84. The average molecular weight is 345 g/mol. The van der Waals surface area contributed by atoms with Crippen LogP contribution in [-0.2, 0) is 14.8 Å². The number of thiophene rings is 1. The van der Waals surface area contributed by atoms with Crippen molar-refractivity contribution in [2.24, 2.45) is 5.92 Å². The van der Waals surface area contributed by atoms with Crippen LogP contribution in [-0.4, -0.2) is 49.7 Å². The first-order valence-corrected chi connectivity index (χ1v) is 10.00. The van der Waals surface area contributed by atoms with Gasteiger partial charge in [-0.1, -0.05) is 13.0 Å². The summed E-state index contributed by atoms with van der Waals surface area (Å²) in [7, 11) is -1.65. The molecule has 2 rings (SSSR count). The molecule has 124 valence electrons. The van der Waals surface area contributed by atoms with Crippen molar-refractivity contribution >= 4 is 27.3 Å². The summed E-state index contributed by atoms with van der Waals surface area (Å²) in [6, 6.07) is 3.54. The van der Waals surface area contributed by atoms with Gasteiger partial charge in [0.05, 0.1) is 5.92 Å². The first kappa shape index (κ1) is 17.4. The molecule has 1 saturated heterocycles. The first-order chi connectivity index (χ1) is 10.4. The van der Waals surface area contributed by atoms with E-state index in [1.165, 1.54) is 15.6 Å². The van der Waals surface area contributed by atoms with Gasteiger partial charge in [-0.2, -0.15) is 4.31 Å². The molecule has 2 unspecified atom stereocenters. The number of piperidine rings is 1. The number of carbonyl (C=O) groups is 1. The lowest BCUT2D eigenvalue weighted by molar-refractivity contribution is -0.137. The van der Waals surface area contributed by atoms with Gasteiger partial charge in [-0.3, -0.25) is 4.79 Å². The molecular formula is C15H24N2O3S2. The summed E-state index contributed by atoms with van der Waals surface area (Å²) in [4.78, 5) is 14.3. The zero-order chi connectivity index (χ0) is 16.3. The van der Waals surface area contributed by atoms with Gasteiger partial charge < -0.3 is 4.90 Å². The van der Waals surface area contributed by atoms with Crippen LogP contribution in [0.1, 0.15) is 33.1 Å². The van der Waals surface area contributed by atoms with Crippen LogP contribution in [0.25, 0.3) is 0 Å². The minimum atomic E-state index is -3.46. The molecule has 5 nitrogen and oxygen atoms in total. The zero-order valence-electron chi connectivity index (χ0n) is 13.4. The molecular weight excluding hydrogens is 320 g/mol. The van der Waals surface area contributed by atoms with Crippen molar-refractivity contribution in [1.82, 2.24) is 9.21 Å². The van der Waals surface area contributed by atoms with E-state index in [0.717, 1.165) is 19.3 Å². The smallest absolute Gasteiger partial charge is 0.252 e. The van der Waals surface area contributed by atoms with Gasteiger partial charge in [0.25, 0.3) is 10.0 Å². The van der Waals surface area contributed by atoms with E-state index in [1.807, 2.05) is 20.9 Å². The quantitative estimate of drug-likeness (QED) is 0.824. The maximum Gasteiger partial charge on any atom is 0.252 e. The predicted molar refractivity (Wildman–Crippen MR) is 88.3 cm³/mol.